The van der Waals surface area contributed by atoms with Crippen molar-refractivity contribution in [3.8, 4) is 5.75 Å². The van der Waals surface area contributed by atoms with E-state index >= 15 is 0 Å². The zero-order valence-corrected chi connectivity index (χ0v) is 18.2. The van der Waals surface area contributed by atoms with Crippen LogP contribution in [-0.2, 0) is 11.3 Å². The van der Waals surface area contributed by atoms with Gasteiger partial charge in [0.05, 0.1) is 7.11 Å². The lowest BCUT2D eigenvalue weighted by atomic mass is 9.98. The Hall–Kier alpha value is -1.95. The minimum atomic E-state index is 0.160. The number of halogens is 1. The molecular weight excluding hydrogens is 376 g/mol. The first-order chi connectivity index (χ1) is 13.5. The van der Waals surface area contributed by atoms with Crippen LogP contribution in [0.1, 0.15) is 45.1 Å². The Labute approximate surface area is 173 Å². The van der Waals surface area contributed by atoms with E-state index in [0.717, 1.165) is 56.0 Å². The molecule has 7 heteroatoms. The van der Waals surface area contributed by atoms with E-state index in [0.29, 0.717) is 23.5 Å². The van der Waals surface area contributed by atoms with Crippen molar-refractivity contribution in [2.24, 2.45) is 10.9 Å². The average Bonchev–Trinajstić information content (AvgIpc) is 2.72. The van der Waals surface area contributed by atoms with E-state index < -0.39 is 0 Å². The number of rotatable bonds is 7. The van der Waals surface area contributed by atoms with Crippen LogP contribution in [0.15, 0.2) is 23.2 Å². The van der Waals surface area contributed by atoms with E-state index in [-0.39, 0.29) is 5.92 Å². The summed E-state index contributed by atoms with van der Waals surface area (Å²) in [5.74, 6) is 1.97. The molecule has 0 bridgehead atoms. The van der Waals surface area contributed by atoms with E-state index in [1.165, 1.54) is 0 Å². The molecule has 2 N–H and O–H groups in total. The summed E-state index contributed by atoms with van der Waals surface area (Å²) in [7, 11) is 3.40. The molecule has 0 spiro atoms. The molecule has 28 heavy (non-hydrogen) atoms. The quantitative estimate of drug-likeness (QED) is 0.535. The molecule has 1 aliphatic rings. The van der Waals surface area contributed by atoms with Crippen molar-refractivity contribution >= 4 is 23.5 Å². The maximum Gasteiger partial charge on any atom is 0.225 e. The summed E-state index contributed by atoms with van der Waals surface area (Å²) < 4.78 is 5.39. The molecular formula is C21H33ClN4O2. The molecule has 0 radical (unpaired) electrons. The molecule has 0 aromatic heterocycles. The van der Waals surface area contributed by atoms with Crippen molar-refractivity contribution < 1.29 is 9.53 Å². The first-order valence-electron chi connectivity index (χ1n) is 10.1. The lowest BCUT2D eigenvalue weighted by Crippen LogP contribution is -2.50. The lowest BCUT2D eigenvalue weighted by molar-refractivity contribution is -0.136. The SMILES string of the molecule is CCC(CC)C(=O)N1CCC(NC(=NC)NCc2ccc(Cl)cc2OC)CC1. The van der Waals surface area contributed by atoms with Gasteiger partial charge in [-0.25, -0.2) is 0 Å². The summed E-state index contributed by atoms with van der Waals surface area (Å²) in [6.07, 6.45) is 3.68. The molecule has 0 saturated carbocycles. The number of amides is 1. The van der Waals surface area contributed by atoms with E-state index in [1.807, 2.05) is 17.0 Å². The fourth-order valence-electron chi connectivity index (χ4n) is 3.57. The maximum absolute atomic E-state index is 12.5. The van der Waals surface area contributed by atoms with Crippen molar-refractivity contribution in [2.75, 3.05) is 27.2 Å². The summed E-state index contributed by atoms with van der Waals surface area (Å²) in [6, 6.07) is 5.92. The molecule has 156 valence electrons. The molecule has 0 unspecified atom stereocenters. The number of piperidine rings is 1. The van der Waals surface area contributed by atoms with Crippen LogP contribution in [-0.4, -0.2) is 50.1 Å². The van der Waals surface area contributed by atoms with E-state index in [9.17, 15) is 4.79 Å². The molecule has 1 saturated heterocycles. The number of hydrogen-bond acceptors (Lipinski definition) is 3. The van der Waals surface area contributed by atoms with Gasteiger partial charge in [-0.2, -0.15) is 0 Å². The largest absolute Gasteiger partial charge is 0.496 e. The molecule has 1 amide bonds. The number of guanidine groups is 1. The predicted molar refractivity (Wildman–Crippen MR) is 115 cm³/mol. The minimum absolute atomic E-state index is 0.160. The highest BCUT2D eigenvalue weighted by Gasteiger charge is 2.26. The van der Waals surface area contributed by atoms with Gasteiger partial charge in [0, 0.05) is 49.2 Å². The summed E-state index contributed by atoms with van der Waals surface area (Å²) >= 11 is 6.02. The molecule has 1 heterocycles. The number of hydrogen-bond donors (Lipinski definition) is 2. The van der Waals surface area contributed by atoms with E-state index in [2.05, 4.69) is 29.5 Å². The molecule has 2 rings (SSSR count). The normalized spacial score (nSPS) is 15.6. The molecule has 0 aliphatic carbocycles. The van der Waals surface area contributed by atoms with Gasteiger partial charge in [-0.3, -0.25) is 9.79 Å². The fraction of sp³-hybridized carbons (Fsp3) is 0.619. The zero-order chi connectivity index (χ0) is 20.5. The van der Waals surface area contributed by atoms with Crippen molar-refractivity contribution in [1.82, 2.24) is 15.5 Å². The standard InChI is InChI=1S/C21H33ClN4O2/c1-5-15(6-2)20(27)26-11-9-18(10-12-26)25-21(23-3)24-14-16-7-8-17(22)13-19(16)28-4/h7-8,13,15,18H,5-6,9-12,14H2,1-4H3,(H2,23,24,25). The van der Waals surface area contributed by atoms with Crippen LogP contribution in [0.25, 0.3) is 0 Å². The number of ether oxygens (including phenoxy) is 1. The number of methoxy groups -OCH3 is 1. The van der Waals surface area contributed by atoms with Crippen LogP contribution < -0.4 is 15.4 Å². The number of nitrogens with zero attached hydrogens (tertiary/aromatic N) is 2. The Morgan fingerprint density at radius 1 is 1.32 bits per heavy atom. The fourth-order valence-corrected chi connectivity index (χ4v) is 3.73. The second-order valence-electron chi connectivity index (χ2n) is 7.14. The number of carbonyl (C=O) groups is 1. The van der Waals surface area contributed by atoms with Crippen LogP contribution in [0.5, 0.6) is 5.75 Å². The van der Waals surface area contributed by atoms with Crippen LogP contribution in [0, 0.1) is 5.92 Å². The third-order valence-corrected chi connectivity index (χ3v) is 5.64. The first-order valence-corrected chi connectivity index (χ1v) is 10.5. The molecule has 1 aromatic rings. The van der Waals surface area contributed by atoms with E-state index in [1.54, 1.807) is 20.2 Å². The van der Waals surface area contributed by atoms with Gasteiger partial charge in [-0.1, -0.05) is 31.5 Å². The van der Waals surface area contributed by atoms with Crippen LogP contribution >= 0.6 is 11.6 Å². The van der Waals surface area contributed by atoms with Crippen LogP contribution in [0.4, 0.5) is 0 Å². The first kappa shape index (κ1) is 22.3. The summed E-state index contributed by atoms with van der Waals surface area (Å²) in [4.78, 5) is 18.9. The number of carbonyl (C=O) groups excluding carboxylic acids is 1. The average molecular weight is 409 g/mol. The number of benzene rings is 1. The summed E-state index contributed by atoms with van der Waals surface area (Å²) in [5, 5.41) is 7.46. The third kappa shape index (κ3) is 6.03. The van der Waals surface area contributed by atoms with Gasteiger partial charge in [0.2, 0.25) is 5.91 Å². The van der Waals surface area contributed by atoms with Crippen molar-refractivity contribution in [3.05, 3.63) is 28.8 Å². The maximum atomic E-state index is 12.5. The van der Waals surface area contributed by atoms with Gasteiger partial charge < -0.3 is 20.3 Å². The highest BCUT2D eigenvalue weighted by atomic mass is 35.5. The molecule has 0 atom stereocenters. The van der Waals surface area contributed by atoms with Gasteiger partial charge in [0.1, 0.15) is 5.75 Å². The molecule has 1 aliphatic heterocycles. The van der Waals surface area contributed by atoms with Gasteiger partial charge in [-0.05, 0) is 37.8 Å². The highest BCUT2D eigenvalue weighted by molar-refractivity contribution is 6.30. The Morgan fingerprint density at radius 2 is 2.00 bits per heavy atom. The van der Waals surface area contributed by atoms with Gasteiger partial charge in [0.15, 0.2) is 5.96 Å². The highest BCUT2D eigenvalue weighted by Crippen LogP contribution is 2.23. The molecule has 1 fully saturated rings. The second kappa shape index (κ2) is 11.1. The van der Waals surface area contributed by atoms with Gasteiger partial charge >= 0.3 is 0 Å². The zero-order valence-electron chi connectivity index (χ0n) is 17.4. The third-order valence-electron chi connectivity index (χ3n) is 5.40. The summed E-state index contributed by atoms with van der Waals surface area (Å²) in [6.45, 7) is 6.37. The Balaban J connectivity index is 1.84. The lowest BCUT2D eigenvalue weighted by Gasteiger charge is -2.34. The van der Waals surface area contributed by atoms with Crippen molar-refractivity contribution in [3.63, 3.8) is 0 Å². The second-order valence-corrected chi connectivity index (χ2v) is 7.58. The van der Waals surface area contributed by atoms with E-state index in [4.69, 9.17) is 16.3 Å². The number of aliphatic imine (C=N–C) groups is 1. The number of nitrogens with one attached hydrogen (secondary N) is 2. The topological polar surface area (TPSA) is 66.0 Å². The predicted octanol–water partition coefficient (Wildman–Crippen LogP) is 3.44. The Morgan fingerprint density at radius 3 is 2.57 bits per heavy atom. The van der Waals surface area contributed by atoms with Gasteiger partial charge in [0.25, 0.3) is 0 Å². The molecule has 1 aromatic carbocycles. The smallest absolute Gasteiger partial charge is 0.225 e. The van der Waals surface area contributed by atoms with Crippen molar-refractivity contribution in [2.45, 2.75) is 52.1 Å². The molecule has 6 nitrogen and oxygen atoms in total. The monoisotopic (exact) mass is 408 g/mol. The minimum Gasteiger partial charge on any atom is -0.496 e. The van der Waals surface area contributed by atoms with Crippen molar-refractivity contribution in [1.29, 1.82) is 0 Å². The van der Waals surface area contributed by atoms with Gasteiger partial charge in [-0.15, -0.1) is 0 Å². The summed E-state index contributed by atoms with van der Waals surface area (Å²) in [5.41, 5.74) is 1.01. The van der Waals surface area contributed by atoms with Crippen LogP contribution in [0.3, 0.4) is 0 Å². The number of likely N-dealkylation sites (tertiary alicyclic amines) is 1. The van der Waals surface area contributed by atoms with Crippen LogP contribution in [0.2, 0.25) is 5.02 Å². The Kier molecular flexibility index (Phi) is 8.90. The Bertz CT molecular complexity index is 668.